The number of benzene rings is 2. The molecule has 0 saturated heterocycles. The van der Waals surface area contributed by atoms with Crippen molar-refractivity contribution in [3.63, 3.8) is 0 Å². The molecule has 0 radical (unpaired) electrons. The van der Waals surface area contributed by atoms with Crippen molar-refractivity contribution in [1.82, 2.24) is 20.2 Å². The molecule has 2 aliphatic heterocycles. The number of nitrogens with zero attached hydrogens (tertiary/aromatic N) is 4. The molecule has 0 aliphatic carbocycles. The molecule has 6 nitrogen and oxygen atoms in total. The summed E-state index contributed by atoms with van der Waals surface area (Å²) in [6.07, 6.45) is -0.436. The van der Waals surface area contributed by atoms with E-state index in [0.717, 1.165) is 22.4 Å². The van der Waals surface area contributed by atoms with Gasteiger partial charge in [-0.25, -0.2) is 4.39 Å². The van der Waals surface area contributed by atoms with Gasteiger partial charge in [0.1, 0.15) is 17.6 Å². The molecule has 2 aromatic carbocycles. The Kier molecular flexibility index (Phi) is 3.90. The van der Waals surface area contributed by atoms with Crippen LogP contribution in [-0.4, -0.2) is 20.2 Å². The summed E-state index contributed by atoms with van der Waals surface area (Å²) in [6, 6.07) is 13.6. The number of aromatic nitrogens is 4. The fraction of sp³-hybridized carbons (Fsp3) is 0.0952. The van der Waals surface area contributed by atoms with E-state index in [0.29, 0.717) is 22.3 Å². The molecule has 2 unspecified atom stereocenters. The highest BCUT2D eigenvalue weighted by Crippen LogP contribution is 2.51. The summed E-state index contributed by atoms with van der Waals surface area (Å²) in [5, 5.41) is 20.0. The molecule has 9 heteroatoms. The van der Waals surface area contributed by atoms with Crippen molar-refractivity contribution in [2.45, 2.75) is 12.1 Å². The first-order valence-electron chi connectivity index (χ1n) is 9.23. The number of halogens is 2. The van der Waals surface area contributed by atoms with Crippen LogP contribution in [-0.2, 0) is 0 Å². The number of ether oxygens (including phenoxy) is 1. The van der Waals surface area contributed by atoms with E-state index >= 15 is 0 Å². The predicted molar refractivity (Wildman–Crippen MR) is 112 cm³/mol. The van der Waals surface area contributed by atoms with Gasteiger partial charge in [-0.05, 0) is 51.5 Å². The topological polar surface area (TPSA) is 64.9 Å². The Balaban J connectivity index is 1.67. The van der Waals surface area contributed by atoms with Crippen molar-refractivity contribution in [2.75, 3.05) is 5.32 Å². The van der Waals surface area contributed by atoms with Crippen LogP contribution in [0.4, 0.5) is 10.3 Å². The van der Waals surface area contributed by atoms with Crippen LogP contribution in [0.3, 0.4) is 0 Å². The lowest BCUT2D eigenvalue weighted by Crippen LogP contribution is -2.32. The van der Waals surface area contributed by atoms with E-state index in [2.05, 4.69) is 20.8 Å². The van der Waals surface area contributed by atoms with Crippen LogP contribution in [0.1, 0.15) is 28.8 Å². The summed E-state index contributed by atoms with van der Waals surface area (Å²) in [5.41, 5.74) is 3.85. The van der Waals surface area contributed by atoms with Crippen LogP contribution in [0.15, 0.2) is 64.9 Å². The van der Waals surface area contributed by atoms with Gasteiger partial charge in [-0.15, -0.1) is 0 Å². The molecule has 0 bridgehead atoms. The summed E-state index contributed by atoms with van der Waals surface area (Å²) in [7, 11) is 0. The zero-order valence-electron chi connectivity index (χ0n) is 15.3. The van der Waals surface area contributed by atoms with E-state index in [1.165, 1.54) is 6.07 Å². The van der Waals surface area contributed by atoms with Gasteiger partial charge in [-0.3, -0.25) is 0 Å². The molecule has 4 heterocycles. The minimum absolute atomic E-state index is 0.335. The van der Waals surface area contributed by atoms with E-state index < -0.39 is 12.1 Å². The van der Waals surface area contributed by atoms with Crippen LogP contribution in [0.5, 0.6) is 5.75 Å². The monoisotopic (exact) mass is 437 g/mol. The van der Waals surface area contributed by atoms with Crippen molar-refractivity contribution >= 4 is 34.6 Å². The molecule has 0 saturated carbocycles. The van der Waals surface area contributed by atoms with E-state index in [4.69, 9.17) is 16.3 Å². The fourth-order valence-electron chi connectivity index (χ4n) is 4.06. The van der Waals surface area contributed by atoms with Gasteiger partial charge in [-0.1, -0.05) is 34.9 Å². The summed E-state index contributed by atoms with van der Waals surface area (Å²) in [4.78, 5) is 0. The molecular weight excluding hydrogens is 425 g/mol. The van der Waals surface area contributed by atoms with Crippen LogP contribution in [0.25, 0.3) is 5.70 Å². The number of thiophene rings is 1. The van der Waals surface area contributed by atoms with Crippen LogP contribution in [0.2, 0.25) is 5.02 Å². The van der Waals surface area contributed by atoms with Gasteiger partial charge in [0.05, 0.1) is 5.70 Å². The number of tetrazole rings is 1. The third-order valence-electron chi connectivity index (χ3n) is 5.34. The second kappa shape index (κ2) is 6.65. The van der Waals surface area contributed by atoms with E-state index in [9.17, 15) is 4.39 Å². The lowest BCUT2D eigenvalue weighted by atomic mass is 9.85. The third-order valence-corrected chi connectivity index (χ3v) is 6.28. The van der Waals surface area contributed by atoms with Gasteiger partial charge >= 0.3 is 0 Å². The van der Waals surface area contributed by atoms with Crippen molar-refractivity contribution in [3.8, 4) is 5.75 Å². The predicted octanol–water partition coefficient (Wildman–Crippen LogP) is 5.09. The van der Waals surface area contributed by atoms with Gasteiger partial charge in [0.2, 0.25) is 5.95 Å². The first kappa shape index (κ1) is 17.6. The number of rotatable bonds is 2. The highest BCUT2D eigenvalue weighted by atomic mass is 35.5. The van der Waals surface area contributed by atoms with Crippen LogP contribution in [0, 0.1) is 5.82 Å². The number of hydrogen-bond acceptors (Lipinski definition) is 6. The fourth-order valence-corrected chi connectivity index (χ4v) is 4.90. The second-order valence-electron chi connectivity index (χ2n) is 7.02. The van der Waals surface area contributed by atoms with Crippen molar-refractivity contribution in [3.05, 3.63) is 92.4 Å². The minimum atomic E-state index is -0.579. The first-order valence-corrected chi connectivity index (χ1v) is 10.5. The first-order chi connectivity index (χ1) is 14.7. The molecule has 2 aliphatic rings. The molecule has 30 heavy (non-hydrogen) atoms. The lowest BCUT2D eigenvalue weighted by molar-refractivity contribution is 0.222. The second-order valence-corrected chi connectivity index (χ2v) is 8.24. The maximum Gasteiger partial charge on any atom is 0.248 e. The molecule has 1 N–H and O–H groups in total. The average Bonchev–Trinajstić information content (AvgIpc) is 3.44. The Hall–Kier alpha value is -3.23. The third kappa shape index (κ3) is 2.57. The number of nitrogens with one attached hydrogen (secondary N) is 1. The lowest BCUT2D eigenvalue weighted by Gasteiger charge is -2.38. The Morgan fingerprint density at radius 1 is 1.17 bits per heavy atom. The summed E-state index contributed by atoms with van der Waals surface area (Å²) >= 11 is 7.87. The standard InChI is InChI=1S/C21H13ClFN5OS/c22-12-5-6-16-14(9-12)18-17(20(29-16)11-7-8-30-10-11)19(13-3-1-2-4-15(13)23)28-21(24-18)25-26-27-28/h1-10,19-20H,(H,24,25,27). The summed E-state index contributed by atoms with van der Waals surface area (Å²) in [6.45, 7) is 0. The normalized spacial score (nSPS) is 19.4. The van der Waals surface area contributed by atoms with Gasteiger partial charge in [0.25, 0.3) is 0 Å². The Bertz CT molecular complexity index is 1300. The summed E-state index contributed by atoms with van der Waals surface area (Å²) in [5.74, 6) is 0.785. The van der Waals surface area contributed by atoms with Crippen molar-refractivity contribution in [1.29, 1.82) is 0 Å². The van der Waals surface area contributed by atoms with Crippen LogP contribution < -0.4 is 10.1 Å². The maximum atomic E-state index is 15.0. The smallest absolute Gasteiger partial charge is 0.248 e. The van der Waals surface area contributed by atoms with Crippen LogP contribution >= 0.6 is 22.9 Å². The Morgan fingerprint density at radius 2 is 2.07 bits per heavy atom. The highest BCUT2D eigenvalue weighted by molar-refractivity contribution is 7.08. The highest BCUT2D eigenvalue weighted by Gasteiger charge is 2.42. The van der Waals surface area contributed by atoms with Gasteiger partial charge in [0, 0.05) is 27.3 Å². The SMILES string of the molecule is Fc1ccccc1C1C2=C(Nc3nnnn31)c1cc(Cl)ccc1OC2c1ccsc1. The molecule has 0 amide bonds. The molecule has 0 spiro atoms. The number of hydrogen-bond donors (Lipinski definition) is 1. The average molecular weight is 438 g/mol. The molecule has 0 fully saturated rings. The zero-order valence-corrected chi connectivity index (χ0v) is 16.9. The van der Waals surface area contributed by atoms with E-state index in [1.54, 1.807) is 40.3 Å². The molecular formula is C21H13ClFN5OS. The Labute approximate surface area is 179 Å². The van der Waals surface area contributed by atoms with Gasteiger partial charge in [-0.2, -0.15) is 16.0 Å². The van der Waals surface area contributed by atoms with Gasteiger partial charge < -0.3 is 10.1 Å². The van der Waals surface area contributed by atoms with Crippen molar-refractivity contribution < 1.29 is 9.13 Å². The molecule has 4 aromatic rings. The quantitative estimate of drug-likeness (QED) is 0.473. The van der Waals surface area contributed by atoms with E-state index in [1.807, 2.05) is 29.0 Å². The zero-order chi connectivity index (χ0) is 20.2. The van der Waals surface area contributed by atoms with E-state index in [-0.39, 0.29) is 5.82 Å². The Morgan fingerprint density at radius 3 is 2.90 bits per heavy atom. The minimum Gasteiger partial charge on any atom is -0.480 e. The number of fused-ring (bicyclic) bond motifs is 3. The summed E-state index contributed by atoms with van der Waals surface area (Å²) < 4.78 is 23.0. The number of anilines is 1. The molecule has 2 aromatic heterocycles. The molecule has 6 rings (SSSR count). The maximum absolute atomic E-state index is 15.0. The van der Waals surface area contributed by atoms with Gasteiger partial charge in [0.15, 0.2) is 6.10 Å². The van der Waals surface area contributed by atoms with Crippen molar-refractivity contribution in [2.24, 2.45) is 0 Å². The largest absolute Gasteiger partial charge is 0.480 e. The molecule has 2 atom stereocenters. The molecule has 148 valence electrons.